The minimum atomic E-state index is -0.289. The topological polar surface area (TPSA) is 83.4 Å². The van der Waals surface area contributed by atoms with Crippen LogP contribution in [0.1, 0.15) is 11.1 Å². The van der Waals surface area contributed by atoms with Crippen molar-refractivity contribution in [3.8, 4) is 6.07 Å². The van der Waals surface area contributed by atoms with Gasteiger partial charge in [-0.2, -0.15) is 5.26 Å². The van der Waals surface area contributed by atoms with Crippen LogP contribution in [0.15, 0.2) is 18.2 Å². The Morgan fingerprint density at radius 1 is 1.18 bits per heavy atom. The number of nitrogens with zero attached hydrogens (tertiary/aromatic N) is 1. The lowest BCUT2D eigenvalue weighted by Crippen LogP contribution is -2.45. The molecule has 2 aliphatic heterocycles. The molecule has 1 aromatic carbocycles. The maximum atomic E-state index is 12.1. The molecule has 2 saturated heterocycles. The number of carbonyl (C=O) groups excluding carboxylic acids is 1. The van der Waals surface area contributed by atoms with Crippen LogP contribution in [0.4, 0.5) is 10.5 Å². The number of carbonyl (C=O) groups is 1. The minimum Gasteiger partial charge on any atom is -0.372 e. The van der Waals surface area contributed by atoms with Gasteiger partial charge in [0.05, 0.1) is 31.2 Å². The maximum absolute atomic E-state index is 12.1. The van der Waals surface area contributed by atoms with Crippen molar-refractivity contribution >= 4 is 11.7 Å². The van der Waals surface area contributed by atoms with Gasteiger partial charge in [0.1, 0.15) is 12.2 Å². The number of amides is 2. The van der Waals surface area contributed by atoms with Gasteiger partial charge >= 0.3 is 6.03 Å². The molecular weight excluding hydrogens is 282 g/mol. The zero-order valence-electron chi connectivity index (χ0n) is 12.6. The molecule has 2 aliphatic rings. The van der Waals surface area contributed by atoms with Gasteiger partial charge in [0, 0.05) is 5.69 Å². The van der Waals surface area contributed by atoms with Gasteiger partial charge in [0.2, 0.25) is 0 Å². The molecule has 3 rings (SSSR count). The van der Waals surface area contributed by atoms with Crippen LogP contribution in [-0.2, 0) is 9.47 Å². The van der Waals surface area contributed by atoms with E-state index in [1.54, 1.807) is 0 Å². The van der Waals surface area contributed by atoms with Crippen LogP contribution < -0.4 is 10.6 Å². The highest BCUT2D eigenvalue weighted by atomic mass is 16.6. The summed E-state index contributed by atoms with van der Waals surface area (Å²) in [4.78, 5) is 12.1. The van der Waals surface area contributed by atoms with Crippen molar-refractivity contribution in [3.63, 3.8) is 0 Å². The first-order chi connectivity index (χ1) is 10.6. The Bertz CT molecular complexity index is 605. The van der Waals surface area contributed by atoms with Gasteiger partial charge in [-0.15, -0.1) is 0 Å². The summed E-state index contributed by atoms with van der Waals surface area (Å²) in [6.45, 7) is 4.70. The number of fused-ring (bicyclic) bond motifs is 1. The number of hydrogen-bond donors (Lipinski definition) is 2. The lowest BCUT2D eigenvalue weighted by Gasteiger charge is -2.18. The van der Waals surface area contributed by atoms with E-state index in [0.29, 0.717) is 13.2 Å². The molecule has 1 aromatic rings. The van der Waals surface area contributed by atoms with E-state index in [0.717, 1.165) is 16.8 Å². The predicted molar refractivity (Wildman–Crippen MR) is 80.4 cm³/mol. The highest BCUT2D eigenvalue weighted by Gasteiger charge is 2.48. The lowest BCUT2D eigenvalue weighted by atomic mass is 10.0. The first-order valence-electron chi connectivity index (χ1n) is 7.35. The third kappa shape index (κ3) is 2.91. The van der Waals surface area contributed by atoms with E-state index in [1.807, 2.05) is 32.0 Å². The second-order valence-electron chi connectivity index (χ2n) is 5.91. The van der Waals surface area contributed by atoms with Gasteiger partial charge in [0.15, 0.2) is 0 Å². The number of urea groups is 1. The third-order valence-corrected chi connectivity index (χ3v) is 4.02. The van der Waals surface area contributed by atoms with E-state index < -0.39 is 0 Å². The van der Waals surface area contributed by atoms with Gasteiger partial charge in [0.25, 0.3) is 0 Å². The van der Waals surface area contributed by atoms with E-state index in [1.165, 1.54) is 0 Å². The summed E-state index contributed by atoms with van der Waals surface area (Å²) in [5.74, 6) is -0.251. The summed E-state index contributed by atoms with van der Waals surface area (Å²) >= 11 is 0. The fourth-order valence-electron chi connectivity index (χ4n) is 3.12. The molecule has 0 aromatic heterocycles. The summed E-state index contributed by atoms with van der Waals surface area (Å²) in [7, 11) is 0. The zero-order valence-corrected chi connectivity index (χ0v) is 12.6. The quantitative estimate of drug-likeness (QED) is 0.871. The molecule has 2 amide bonds. The van der Waals surface area contributed by atoms with Crippen LogP contribution >= 0.6 is 0 Å². The molecular formula is C16H19N3O3. The smallest absolute Gasteiger partial charge is 0.319 e. The molecule has 4 atom stereocenters. The molecule has 6 nitrogen and oxygen atoms in total. The number of aryl methyl sites for hydroxylation is 2. The van der Waals surface area contributed by atoms with E-state index in [4.69, 9.17) is 14.7 Å². The van der Waals surface area contributed by atoms with E-state index in [-0.39, 0.29) is 30.2 Å². The molecule has 0 spiro atoms. The summed E-state index contributed by atoms with van der Waals surface area (Å²) < 4.78 is 11.2. The molecule has 0 aliphatic carbocycles. The zero-order chi connectivity index (χ0) is 15.7. The Hall–Kier alpha value is -2.10. The fraction of sp³-hybridized carbons (Fsp3) is 0.500. The number of nitrogens with one attached hydrogen (secondary N) is 2. The average molecular weight is 301 g/mol. The molecule has 0 saturated carbocycles. The summed E-state index contributed by atoms with van der Waals surface area (Å²) in [6, 6.07) is 7.55. The Morgan fingerprint density at radius 3 is 2.55 bits per heavy atom. The largest absolute Gasteiger partial charge is 0.372 e. The number of benzene rings is 1. The number of rotatable bonds is 2. The number of anilines is 1. The van der Waals surface area contributed by atoms with Crippen LogP contribution in [0.3, 0.4) is 0 Å². The summed E-state index contributed by atoms with van der Waals surface area (Å²) in [5, 5.41) is 14.7. The van der Waals surface area contributed by atoms with E-state index in [2.05, 4.69) is 16.7 Å². The number of ether oxygens (including phenoxy) is 2. The van der Waals surface area contributed by atoms with Crippen molar-refractivity contribution < 1.29 is 14.3 Å². The molecule has 2 fully saturated rings. The van der Waals surface area contributed by atoms with Crippen molar-refractivity contribution in [1.29, 1.82) is 5.26 Å². The fourth-order valence-corrected chi connectivity index (χ4v) is 3.12. The highest BCUT2D eigenvalue weighted by Crippen LogP contribution is 2.30. The Labute approximate surface area is 129 Å². The molecule has 6 heteroatoms. The van der Waals surface area contributed by atoms with Gasteiger partial charge in [-0.05, 0) is 37.1 Å². The standard InChI is InChI=1S/C16H19N3O3/c1-9-3-10(2)5-12(4-9)18-16(20)19-13-8-22-14-11(6-17)7-21-15(13)14/h3-5,11,13-15H,7-8H2,1-2H3,(H2,18,19,20)/t11-,13?,14+,15?/m0/s1. The second-order valence-corrected chi connectivity index (χ2v) is 5.91. The predicted octanol–water partition coefficient (Wildman–Crippen LogP) is 1.73. The Morgan fingerprint density at radius 2 is 1.86 bits per heavy atom. The highest BCUT2D eigenvalue weighted by molar-refractivity contribution is 5.89. The molecule has 0 radical (unpaired) electrons. The number of nitriles is 1. The molecule has 2 unspecified atom stereocenters. The van der Waals surface area contributed by atoms with Gasteiger partial charge in [-0.25, -0.2) is 4.79 Å². The van der Waals surface area contributed by atoms with Gasteiger partial charge in [-0.3, -0.25) is 0 Å². The van der Waals surface area contributed by atoms with Crippen LogP contribution in [0.2, 0.25) is 0 Å². The first-order valence-corrected chi connectivity index (χ1v) is 7.35. The van der Waals surface area contributed by atoms with Crippen molar-refractivity contribution in [2.24, 2.45) is 5.92 Å². The maximum Gasteiger partial charge on any atom is 0.319 e. The normalized spacial score (nSPS) is 29.7. The van der Waals surface area contributed by atoms with E-state index in [9.17, 15) is 4.79 Å². The molecule has 22 heavy (non-hydrogen) atoms. The SMILES string of the molecule is Cc1cc(C)cc(NC(=O)NC2CO[C@H]3C2OC[C@@H]3C#N)c1. The molecule has 116 valence electrons. The van der Waals surface area contributed by atoms with Gasteiger partial charge in [-0.1, -0.05) is 6.07 Å². The summed E-state index contributed by atoms with van der Waals surface area (Å²) in [5.41, 5.74) is 2.94. The first kappa shape index (κ1) is 14.8. The average Bonchev–Trinajstić information content (AvgIpc) is 3.00. The minimum absolute atomic E-state index is 0.228. The van der Waals surface area contributed by atoms with Crippen LogP contribution in [0.25, 0.3) is 0 Å². The van der Waals surface area contributed by atoms with Crippen molar-refractivity contribution in [2.45, 2.75) is 32.1 Å². The Balaban J connectivity index is 1.60. The van der Waals surface area contributed by atoms with Gasteiger partial charge < -0.3 is 20.1 Å². The molecule has 2 heterocycles. The van der Waals surface area contributed by atoms with Crippen molar-refractivity contribution in [1.82, 2.24) is 5.32 Å². The van der Waals surface area contributed by atoms with Crippen LogP contribution in [0.5, 0.6) is 0 Å². The van der Waals surface area contributed by atoms with Crippen LogP contribution in [0, 0.1) is 31.1 Å². The summed E-state index contributed by atoms with van der Waals surface area (Å²) in [6.07, 6.45) is -0.480. The van der Waals surface area contributed by atoms with E-state index >= 15 is 0 Å². The monoisotopic (exact) mass is 301 g/mol. The third-order valence-electron chi connectivity index (χ3n) is 4.02. The van der Waals surface area contributed by atoms with Crippen molar-refractivity contribution in [2.75, 3.05) is 18.5 Å². The molecule has 0 bridgehead atoms. The van der Waals surface area contributed by atoms with Crippen LogP contribution in [-0.4, -0.2) is 37.5 Å². The second kappa shape index (κ2) is 5.95. The van der Waals surface area contributed by atoms with Crippen molar-refractivity contribution in [3.05, 3.63) is 29.3 Å². The Kier molecular flexibility index (Phi) is 4.01. The number of hydrogen-bond acceptors (Lipinski definition) is 4. The lowest BCUT2D eigenvalue weighted by molar-refractivity contribution is 0.0665. The molecule has 2 N–H and O–H groups in total.